The van der Waals surface area contributed by atoms with Gasteiger partial charge in [-0.15, -0.1) is 0 Å². The number of hydrogen-bond donors (Lipinski definition) is 2. The van der Waals surface area contributed by atoms with Gasteiger partial charge in [-0.05, 0) is 18.9 Å². The number of nitrogens with one attached hydrogen (secondary N) is 2. The molecule has 1 saturated heterocycles. The molecule has 1 saturated carbocycles. The molecule has 1 aliphatic heterocycles. The van der Waals surface area contributed by atoms with Crippen molar-refractivity contribution in [3.63, 3.8) is 0 Å². The Balaban J connectivity index is 1.60. The fraction of sp³-hybridized carbons (Fsp3) is 0.750. The summed E-state index contributed by atoms with van der Waals surface area (Å²) in [5.74, 6) is 1.45. The van der Waals surface area contributed by atoms with E-state index in [0.717, 1.165) is 24.7 Å². The molecular formula is C16H27N5O. The molecule has 3 atom stereocenters. The number of fused-ring (bicyclic) bond motifs is 1. The van der Waals surface area contributed by atoms with Crippen molar-refractivity contribution in [1.82, 2.24) is 20.4 Å². The SMILES string of the molecule is CN=C(NCc1ccnn1C)NC1C2CCCOC2C1(C)C. The first-order valence-electron chi connectivity index (χ1n) is 8.09. The summed E-state index contributed by atoms with van der Waals surface area (Å²) >= 11 is 0. The van der Waals surface area contributed by atoms with E-state index < -0.39 is 0 Å². The van der Waals surface area contributed by atoms with Crippen molar-refractivity contribution in [1.29, 1.82) is 0 Å². The van der Waals surface area contributed by atoms with E-state index in [-0.39, 0.29) is 5.41 Å². The predicted molar refractivity (Wildman–Crippen MR) is 86.6 cm³/mol. The van der Waals surface area contributed by atoms with E-state index in [2.05, 4.69) is 34.6 Å². The molecule has 2 fully saturated rings. The monoisotopic (exact) mass is 305 g/mol. The van der Waals surface area contributed by atoms with Crippen LogP contribution in [-0.4, -0.2) is 41.5 Å². The van der Waals surface area contributed by atoms with Crippen LogP contribution in [0.4, 0.5) is 0 Å². The molecule has 2 aliphatic rings. The lowest BCUT2D eigenvalue weighted by molar-refractivity contribution is -0.188. The van der Waals surface area contributed by atoms with Crippen LogP contribution in [0.2, 0.25) is 0 Å². The fourth-order valence-corrected chi connectivity index (χ4v) is 3.91. The van der Waals surface area contributed by atoms with Gasteiger partial charge in [-0.2, -0.15) is 5.10 Å². The molecule has 122 valence electrons. The second-order valence-corrected chi connectivity index (χ2v) is 6.91. The summed E-state index contributed by atoms with van der Waals surface area (Å²) in [6.07, 6.45) is 4.60. The minimum atomic E-state index is 0.148. The van der Waals surface area contributed by atoms with Crippen LogP contribution in [0, 0.1) is 11.3 Å². The van der Waals surface area contributed by atoms with Gasteiger partial charge in [-0.25, -0.2) is 0 Å². The Hall–Kier alpha value is -1.56. The quantitative estimate of drug-likeness (QED) is 0.652. The van der Waals surface area contributed by atoms with E-state index in [9.17, 15) is 0 Å². The first-order chi connectivity index (χ1) is 10.5. The van der Waals surface area contributed by atoms with E-state index in [0.29, 0.717) is 24.6 Å². The first-order valence-corrected chi connectivity index (χ1v) is 8.09. The topological polar surface area (TPSA) is 63.5 Å². The van der Waals surface area contributed by atoms with Crippen LogP contribution in [0.1, 0.15) is 32.4 Å². The van der Waals surface area contributed by atoms with Crippen molar-refractivity contribution in [2.75, 3.05) is 13.7 Å². The summed E-state index contributed by atoms with van der Waals surface area (Å²) < 4.78 is 7.83. The van der Waals surface area contributed by atoms with Crippen LogP contribution < -0.4 is 10.6 Å². The molecule has 1 aromatic rings. The number of hydrogen-bond acceptors (Lipinski definition) is 3. The van der Waals surface area contributed by atoms with E-state index in [1.165, 1.54) is 6.42 Å². The molecule has 2 N–H and O–H groups in total. The molecule has 3 unspecified atom stereocenters. The molecule has 0 spiro atoms. The highest BCUT2D eigenvalue weighted by atomic mass is 16.5. The predicted octanol–water partition coefficient (Wildman–Crippen LogP) is 1.29. The Morgan fingerprint density at radius 1 is 1.55 bits per heavy atom. The molecule has 22 heavy (non-hydrogen) atoms. The molecule has 0 amide bonds. The van der Waals surface area contributed by atoms with Crippen molar-refractivity contribution in [2.24, 2.45) is 23.4 Å². The Labute approximate surface area is 132 Å². The lowest BCUT2D eigenvalue weighted by Crippen LogP contribution is -2.71. The molecule has 1 aromatic heterocycles. The zero-order chi connectivity index (χ0) is 15.7. The number of aromatic nitrogens is 2. The number of aliphatic imine (C=N–C) groups is 1. The molecule has 6 nitrogen and oxygen atoms in total. The van der Waals surface area contributed by atoms with Gasteiger partial charge in [-0.3, -0.25) is 9.67 Å². The summed E-state index contributed by atoms with van der Waals surface area (Å²) in [5, 5.41) is 11.2. The highest BCUT2D eigenvalue weighted by molar-refractivity contribution is 5.80. The Kier molecular flexibility index (Phi) is 4.12. The van der Waals surface area contributed by atoms with Gasteiger partial charge in [0.15, 0.2) is 5.96 Å². The van der Waals surface area contributed by atoms with Crippen molar-refractivity contribution < 1.29 is 4.74 Å². The van der Waals surface area contributed by atoms with E-state index in [1.54, 1.807) is 0 Å². The number of nitrogens with zero attached hydrogens (tertiary/aromatic N) is 3. The summed E-state index contributed by atoms with van der Waals surface area (Å²) in [5.41, 5.74) is 1.28. The lowest BCUT2D eigenvalue weighted by atomic mass is 9.55. The van der Waals surface area contributed by atoms with Gasteiger partial charge in [0.1, 0.15) is 0 Å². The molecule has 1 aliphatic carbocycles. The van der Waals surface area contributed by atoms with E-state index in [1.807, 2.05) is 31.0 Å². The summed E-state index contributed by atoms with van der Waals surface area (Å²) in [6.45, 7) is 6.19. The van der Waals surface area contributed by atoms with Crippen LogP contribution in [0.5, 0.6) is 0 Å². The highest BCUT2D eigenvalue weighted by Gasteiger charge is 2.58. The normalized spacial score (nSPS) is 30.4. The molecular weight excluding hydrogens is 278 g/mol. The van der Waals surface area contributed by atoms with Crippen LogP contribution in [-0.2, 0) is 18.3 Å². The number of rotatable bonds is 3. The average molecular weight is 305 g/mol. The standard InChI is InChI=1S/C16H27N5O/c1-16(2)13(12-6-5-9-22-14(12)16)20-15(17-3)18-10-11-7-8-19-21(11)4/h7-8,12-14H,5-6,9-10H2,1-4H3,(H2,17,18,20). The van der Waals surface area contributed by atoms with Crippen LogP contribution in [0.3, 0.4) is 0 Å². The molecule has 0 bridgehead atoms. The largest absolute Gasteiger partial charge is 0.377 e. The van der Waals surface area contributed by atoms with Gasteiger partial charge in [-0.1, -0.05) is 13.8 Å². The number of ether oxygens (including phenoxy) is 1. The molecule has 2 heterocycles. The second-order valence-electron chi connectivity index (χ2n) is 6.91. The Bertz CT molecular complexity index is 550. The van der Waals surface area contributed by atoms with Crippen molar-refractivity contribution in [3.05, 3.63) is 18.0 Å². The molecule has 6 heteroatoms. The smallest absolute Gasteiger partial charge is 0.191 e. The van der Waals surface area contributed by atoms with E-state index in [4.69, 9.17) is 4.74 Å². The third-order valence-electron chi connectivity index (χ3n) is 5.21. The second kappa shape index (κ2) is 5.91. The molecule has 0 aromatic carbocycles. The summed E-state index contributed by atoms with van der Waals surface area (Å²) in [7, 11) is 3.77. The Morgan fingerprint density at radius 2 is 2.36 bits per heavy atom. The Morgan fingerprint density at radius 3 is 3.05 bits per heavy atom. The lowest BCUT2D eigenvalue weighted by Gasteiger charge is -2.60. The van der Waals surface area contributed by atoms with Gasteiger partial charge in [0.25, 0.3) is 0 Å². The van der Waals surface area contributed by atoms with Crippen molar-refractivity contribution in [3.8, 4) is 0 Å². The number of guanidine groups is 1. The third kappa shape index (κ3) is 2.60. The van der Waals surface area contributed by atoms with Gasteiger partial charge in [0, 0.05) is 44.3 Å². The fourth-order valence-electron chi connectivity index (χ4n) is 3.91. The van der Waals surface area contributed by atoms with Crippen molar-refractivity contribution in [2.45, 2.75) is 45.4 Å². The number of aryl methyl sites for hydroxylation is 1. The van der Waals surface area contributed by atoms with Crippen LogP contribution in [0.15, 0.2) is 17.3 Å². The van der Waals surface area contributed by atoms with Gasteiger partial charge < -0.3 is 15.4 Å². The van der Waals surface area contributed by atoms with Crippen LogP contribution in [0.25, 0.3) is 0 Å². The first kappa shape index (κ1) is 15.3. The van der Waals surface area contributed by atoms with Gasteiger partial charge in [0.05, 0.1) is 18.3 Å². The minimum Gasteiger partial charge on any atom is -0.377 e. The van der Waals surface area contributed by atoms with Gasteiger partial charge >= 0.3 is 0 Å². The van der Waals surface area contributed by atoms with Crippen molar-refractivity contribution >= 4 is 5.96 Å². The van der Waals surface area contributed by atoms with Crippen LogP contribution >= 0.6 is 0 Å². The maximum absolute atomic E-state index is 5.96. The zero-order valence-corrected chi connectivity index (χ0v) is 14.0. The molecule has 3 rings (SSSR count). The summed E-state index contributed by atoms with van der Waals surface area (Å²) in [4.78, 5) is 4.37. The summed E-state index contributed by atoms with van der Waals surface area (Å²) in [6, 6.07) is 2.43. The van der Waals surface area contributed by atoms with E-state index >= 15 is 0 Å². The third-order valence-corrected chi connectivity index (χ3v) is 5.21. The average Bonchev–Trinajstić information content (AvgIpc) is 2.92. The highest BCUT2D eigenvalue weighted by Crippen LogP contribution is 2.51. The maximum atomic E-state index is 5.96. The maximum Gasteiger partial charge on any atom is 0.191 e. The minimum absolute atomic E-state index is 0.148. The zero-order valence-electron chi connectivity index (χ0n) is 14.0. The molecule has 0 radical (unpaired) electrons. The van der Waals surface area contributed by atoms with Gasteiger partial charge in [0.2, 0.25) is 0 Å².